The number of piperidine rings is 1. The molecule has 1 atom stereocenters. The van der Waals surface area contributed by atoms with Crippen molar-refractivity contribution < 1.29 is 19.1 Å². The minimum atomic E-state index is -0.219. The number of hydrogen-bond acceptors (Lipinski definition) is 4. The lowest BCUT2D eigenvalue weighted by molar-refractivity contribution is -0.151. The summed E-state index contributed by atoms with van der Waals surface area (Å²) in [4.78, 5) is 25.7. The molecule has 5 nitrogen and oxygen atoms in total. The molecule has 1 amide bonds. The fraction of sp³-hybridized carbons (Fsp3) is 0.500. The first-order valence-electron chi connectivity index (χ1n) is 7.43. The summed E-state index contributed by atoms with van der Waals surface area (Å²) in [6, 6.07) is 7.35. The number of rotatable bonds is 5. The summed E-state index contributed by atoms with van der Waals surface area (Å²) in [5.74, 6) is 0.104. The highest BCUT2D eigenvalue weighted by molar-refractivity contribution is 9.10. The summed E-state index contributed by atoms with van der Waals surface area (Å²) < 4.78 is 11.4. The number of hydrogen-bond donors (Lipinski definition) is 0. The Morgan fingerprint density at radius 3 is 2.95 bits per heavy atom. The molecule has 1 heterocycles. The lowest BCUT2D eigenvalue weighted by atomic mass is 9.98. The van der Waals surface area contributed by atoms with Gasteiger partial charge in [0.05, 0.1) is 12.5 Å². The van der Waals surface area contributed by atoms with Crippen LogP contribution in [-0.2, 0) is 14.3 Å². The summed E-state index contributed by atoms with van der Waals surface area (Å²) in [5.41, 5.74) is 0. The van der Waals surface area contributed by atoms with Crippen LogP contribution in [0.25, 0.3) is 0 Å². The van der Waals surface area contributed by atoms with Gasteiger partial charge < -0.3 is 14.4 Å². The molecule has 1 saturated heterocycles. The van der Waals surface area contributed by atoms with Crippen molar-refractivity contribution in [1.82, 2.24) is 4.90 Å². The number of esters is 1. The van der Waals surface area contributed by atoms with E-state index in [9.17, 15) is 9.59 Å². The number of halogens is 1. The van der Waals surface area contributed by atoms with Gasteiger partial charge in [-0.2, -0.15) is 0 Å². The number of amides is 1. The van der Waals surface area contributed by atoms with Crippen molar-refractivity contribution in [3.8, 4) is 5.75 Å². The van der Waals surface area contributed by atoms with Crippen molar-refractivity contribution in [2.45, 2.75) is 19.8 Å². The molecule has 0 aliphatic carbocycles. The van der Waals surface area contributed by atoms with Crippen LogP contribution in [-0.4, -0.2) is 43.1 Å². The molecule has 120 valence electrons. The largest absolute Gasteiger partial charge is 0.484 e. The van der Waals surface area contributed by atoms with Gasteiger partial charge in [-0.15, -0.1) is 0 Å². The minimum Gasteiger partial charge on any atom is -0.484 e. The standard InChI is InChI=1S/C16H20BrNO4/c1-2-21-16(20)12-5-4-8-18(10-12)15(19)11-22-14-7-3-6-13(17)9-14/h3,6-7,9,12H,2,4-5,8,10-11H2,1H3/t12-/m1/s1. The van der Waals surface area contributed by atoms with Crippen LogP contribution in [0.3, 0.4) is 0 Å². The summed E-state index contributed by atoms with van der Waals surface area (Å²) in [6.07, 6.45) is 1.58. The van der Waals surface area contributed by atoms with Crippen LogP contribution in [0.1, 0.15) is 19.8 Å². The highest BCUT2D eigenvalue weighted by Crippen LogP contribution is 2.20. The predicted molar refractivity (Wildman–Crippen MR) is 85.6 cm³/mol. The molecule has 1 aromatic rings. The first-order valence-corrected chi connectivity index (χ1v) is 8.22. The fourth-order valence-electron chi connectivity index (χ4n) is 2.45. The lowest BCUT2D eigenvalue weighted by Gasteiger charge is -2.31. The van der Waals surface area contributed by atoms with Crippen molar-refractivity contribution in [3.05, 3.63) is 28.7 Å². The third kappa shape index (κ3) is 4.73. The van der Waals surface area contributed by atoms with E-state index in [4.69, 9.17) is 9.47 Å². The van der Waals surface area contributed by atoms with Crippen molar-refractivity contribution >= 4 is 27.8 Å². The quantitative estimate of drug-likeness (QED) is 0.748. The molecule has 2 rings (SSSR count). The Morgan fingerprint density at radius 1 is 1.41 bits per heavy atom. The Morgan fingerprint density at radius 2 is 2.23 bits per heavy atom. The first kappa shape index (κ1) is 16.8. The monoisotopic (exact) mass is 369 g/mol. The number of carbonyl (C=O) groups excluding carboxylic acids is 2. The third-order valence-corrected chi connectivity index (χ3v) is 4.05. The molecule has 0 spiro atoms. The van der Waals surface area contributed by atoms with E-state index in [0.717, 1.165) is 17.3 Å². The molecule has 1 fully saturated rings. The van der Waals surface area contributed by atoms with E-state index in [1.807, 2.05) is 18.2 Å². The van der Waals surface area contributed by atoms with Gasteiger partial charge in [0, 0.05) is 17.6 Å². The van der Waals surface area contributed by atoms with Gasteiger partial charge in [-0.25, -0.2) is 0 Å². The van der Waals surface area contributed by atoms with E-state index >= 15 is 0 Å². The van der Waals surface area contributed by atoms with Crippen LogP contribution in [0, 0.1) is 5.92 Å². The normalized spacial score (nSPS) is 17.9. The highest BCUT2D eigenvalue weighted by Gasteiger charge is 2.29. The zero-order valence-electron chi connectivity index (χ0n) is 12.6. The maximum Gasteiger partial charge on any atom is 0.310 e. The second-order valence-electron chi connectivity index (χ2n) is 5.18. The molecule has 0 unspecified atom stereocenters. The van der Waals surface area contributed by atoms with Crippen molar-refractivity contribution in [2.75, 3.05) is 26.3 Å². The summed E-state index contributed by atoms with van der Waals surface area (Å²) in [6.45, 7) is 3.22. The Kier molecular flexibility index (Phi) is 6.24. The number of benzene rings is 1. The van der Waals surface area contributed by atoms with Crippen LogP contribution in [0.2, 0.25) is 0 Å². The molecule has 0 aromatic heterocycles. The zero-order chi connectivity index (χ0) is 15.9. The number of carbonyl (C=O) groups is 2. The van der Waals surface area contributed by atoms with Gasteiger partial charge >= 0.3 is 5.97 Å². The topological polar surface area (TPSA) is 55.8 Å². The van der Waals surface area contributed by atoms with Crippen LogP contribution in [0.5, 0.6) is 5.75 Å². The zero-order valence-corrected chi connectivity index (χ0v) is 14.2. The van der Waals surface area contributed by atoms with E-state index < -0.39 is 0 Å². The summed E-state index contributed by atoms with van der Waals surface area (Å²) >= 11 is 3.36. The van der Waals surface area contributed by atoms with E-state index in [1.54, 1.807) is 17.9 Å². The molecule has 1 aliphatic heterocycles. The van der Waals surface area contributed by atoms with Gasteiger partial charge in [-0.3, -0.25) is 9.59 Å². The van der Waals surface area contributed by atoms with Crippen LogP contribution in [0.4, 0.5) is 0 Å². The number of ether oxygens (including phenoxy) is 2. The Labute approximate surface area is 138 Å². The van der Waals surface area contributed by atoms with Gasteiger partial charge in [-0.05, 0) is 38.0 Å². The van der Waals surface area contributed by atoms with E-state index in [0.29, 0.717) is 25.4 Å². The smallest absolute Gasteiger partial charge is 0.310 e. The lowest BCUT2D eigenvalue weighted by Crippen LogP contribution is -2.44. The third-order valence-electron chi connectivity index (χ3n) is 3.55. The molecule has 22 heavy (non-hydrogen) atoms. The van der Waals surface area contributed by atoms with Gasteiger partial charge in [0.15, 0.2) is 6.61 Å². The minimum absolute atomic E-state index is 0.0218. The van der Waals surface area contributed by atoms with Crippen LogP contribution in [0.15, 0.2) is 28.7 Å². The Bertz CT molecular complexity index is 535. The van der Waals surface area contributed by atoms with Gasteiger partial charge in [-0.1, -0.05) is 22.0 Å². The first-order chi connectivity index (χ1) is 10.6. The van der Waals surface area contributed by atoms with Crippen LogP contribution < -0.4 is 4.74 Å². The predicted octanol–water partition coefficient (Wildman–Crippen LogP) is 2.63. The molecule has 1 aromatic carbocycles. The molecular weight excluding hydrogens is 350 g/mol. The van der Waals surface area contributed by atoms with Gasteiger partial charge in [0.1, 0.15) is 5.75 Å². The maximum atomic E-state index is 12.2. The van der Waals surface area contributed by atoms with Gasteiger partial charge in [0.25, 0.3) is 5.91 Å². The fourth-order valence-corrected chi connectivity index (χ4v) is 2.83. The summed E-state index contributed by atoms with van der Waals surface area (Å²) in [7, 11) is 0. The SMILES string of the molecule is CCOC(=O)[C@@H]1CCCN(C(=O)COc2cccc(Br)c2)C1. The molecular formula is C16H20BrNO4. The van der Waals surface area contributed by atoms with Crippen molar-refractivity contribution in [3.63, 3.8) is 0 Å². The number of nitrogens with zero attached hydrogens (tertiary/aromatic N) is 1. The van der Waals surface area contributed by atoms with E-state index in [1.165, 1.54) is 0 Å². The van der Waals surface area contributed by atoms with Crippen molar-refractivity contribution in [2.24, 2.45) is 5.92 Å². The Balaban J connectivity index is 1.85. The highest BCUT2D eigenvalue weighted by atomic mass is 79.9. The summed E-state index contributed by atoms with van der Waals surface area (Å²) in [5, 5.41) is 0. The van der Waals surface area contributed by atoms with E-state index in [2.05, 4.69) is 15.9 Å². The average molecular weight is 370 g/mol. The number of likely N-dealkylation sites (tertiary alicyclic amines) is 1. The molecule has 0 N–H and O–H groups in total. The Hall–Kier alpha value is -1.56. The molecule has 1 aliphatic rings. The average Bonchev–Trinajstić information content (AvgIpc) is 2.53. The molecule has 0 bridgehead atoms. The molecule has 6 heteroatoms. The second-order valence-corrected chi connectivity index (χ2v) is 6.09. The maximum absolute atomic E-state index is 12.2. The van der Waals surface area contributed by atoms with Crippen LogP contribution >= 0.6 is 15.9 Å². The van der Waals surface area contributed by atoms with Crippen molar-refractivity contribution in [1.29, 1.82) is 0 Å². The second kappa shape index (κ2) is 8.17. The molecule has 0 radical (unpaired) electrons. The van der Waals surface area contributed by atoms with Gasteiger partial charge in [0.2, 0.25) is 0 Å². The molecule has 0 saturated carbocycles. The van der Waals surface area contributed by atoms with E-state index in [-0.39, 0.29) is 24.4 Å².